The van der Waals surface area contributed by atoms with Gasteiger partial charge in [0.1, 0.15) is 0 Å². The van der Waals surface area contributed by atoms with Gasteiger partial charge >= 0.3 is 0 Å². The minimum atomic E-state index is 0. The van der Waals surface area contributed by atoms with E-state index in [1.54, 1.807) is 12.4 Å². The van der Waals surface area contributed by atoms with Gasteiger partial charge in [0.15, 0.2) is 0 Å². The van der Waals surface area contributed by atoms with Crippen LogP contribution in [-0.2, 0) is 32.7 Å². The molecule has 0 N–H and O–H groups in total. The largest absolute Gasteiger partial charge is 0.374 e. The normalized spacial score (nSPS) is 7.62. The Morgan fingerprint density at radius 2 is 1.88 bits per heavy atom. The van der Waals surface area contributed by atoms with Crippen LogP contribution in [0.5, 0.6) is 0 Å². The first-order valence-corrected chi connectivity index (χ1v) is 2.04. The third kappa shape index (κ3) is 2.48. The molecule has 8 heavy (non-hydrogen) atoms. The van der Waals surface area contributed by atoms with Gasteiger partial charge in [-0.25, -0.2) is 0 Å². The maximum Gasteiger partial charge on any atom is 0.0213 e. The Kier molecular flexibility index (Phi) is 4.20. The van der Waals surface area contributed by atoms with Crippen LogP contribution in [0.4, 0.5) is 0 Å². The zero-order chi connectivity index (χ0) is 5.11. The van der Waals surface area contributed by atoms with E-state index in [-0.39, 0.29) is 32.7 Å². The SMILES string of the molecule is Cc1cn[c-]nc1.[Y]. The topological polar surface area (TPSA) is 25.8 Å². The van der Waals surface area contributed by atoms with Gasteiger partial charge in [-0.1, -0.05) is 19.3 Å². The second-order valence-electron chi connectivity index (χ2n) is 1.36. The van der Waals surface area contributed by atoms with Gasteiger partial charge in [0, 0.05) is 39.0 Å². The van der Waals surface area contributed by atoms with Gasteiger partial charge in [-0.05, 0) is 0 Å². The van der Waals surface area contributed by atoms with Crippen LogP contribution in [0.1, 0.15) is 5.56 Å². The van der Waals surface area contributed by atoms with Crippen LogP contribution in [-0.4, -0.2) is 9.97 Å². The minimum absolute atomic E-state index is 0. The van der Waals surface area contributed by atoms with Crippen LogP contribution in [0.2, 0.25) is 0 Å². The zero-order valence-electron chi connectivity index (χ0n) is 4.63. The first-order chi connectivity index (χ1) is 3.39. The number of aryl methyl sites for hydroxylation is 1. The van der Waals surface area contributed by atoms with Crippen LogP contribution in [0.3, 0.4) is 0 Å². The molecule has 0 aliphatic rings. The van der Waals surface area contributed by atoms with Gasteiger partial charge in [-0.3, -0.25) is 0 Å². The molecule has 0 saturated carbocycles. The third-order valence-corrected chi connectivity index (χ3v) is 0.652. The fourth-order valence-electron chi connectivity index (χ4n) is 0.328. The molecule has 1 aromatic heterocycles. The molecule has 1 aromatic rings. The van der Waals surface area contributed by atoms with Crippen molar-refractivity contribution >= 4 is 0 Å². The molecule has 0 saturated heterocycles. The van der Waals surface area contributed by atoms with Gasteiger partial charge in [0.05, 0.1) is 0 Å². The quantitative estimate of drug-likeness (QED) is 0.548. The molecule has 0 fully saturated rings. The Hall–Kier alpha value is 0.184. The van der Waals surface area contributed by atoms with E-state index in [0.29, 0.717) is 0 Å². The van der Waals surface area contributed by atoms with Crippen molar-refractivity contribution < 1.29 is 32.7 Å². The standard InChI is InChI=1S/C5H5N2.Y/c1-5-2-6-4-7-3-5;/h2-3H,1H3;/q-1;. The third-order valence-electron chi connectivity index (χ3n) is 0.652. The average Bonchev–Trinajstić information content (AvgIpc) is 1.69. The van der Waals surface area contributed by atoms with E-state index in [2.05, 4.69) is 16.3 Å². The van der Waals surface area contributed by atoms with E-state index >= 15 is 0 Å². The molecule has 2 nitrogen and oxygen atoms in total. The van der Waals surface area contributed by atoms with E-state index in [4.69, 9.17) is 0 Å². The van der Waals surface area contributed by atoms with Gasteiger partial charge in [0.2, 0.25) is 0 Å². The van der Waals surface area contributed by atoms with E-state index in [1.165, 1.54) is 0 Å². The number of nitrogens with zero attached hydrogens (tertiary/aromatic N) is 2. The Morgan fingerprint density at radius 1 is 1.38 bits per heavy atom. The molecule has 0 spiro atoms. The second-order valence-corrected chi connectivity index (χ2v) is 1.36. The van der Waals surface area contributed by atoms with Crippen molar-refractivity contribution in [2.75, 3.05) is 0 Å². The first-order valence-electron chi connectivity index (χ1n) is 2.04. The summed E-state index contributed by atoms with van der Waals surface area (Å²) in [5.41, 5.74) is 1.07. The summed E-state index contributed by atoms with van der Waals surface area (Å²) in [6.45, 7) is 1.94. The molecule has 1 rings (SSSR count). The summed E-state index contributed by atoms with van der Waals surface area (Å²) in [6, 6.07) is 0. The minimum Gasteiger partial charge on any atom is -0.374 e. The van der Waals surface area contributed by atoms with E-state index in [9.17, 15) is 0 Å². The zero-order valence-corrected chi connectivity index (χ0v) is 7.46. The van der Waals surface area contributed by atoms with Crippen LogP contribution in [0.15, 0.2) is 12.4 Å². The van der Waals surface area contributed by atoms with E-state index in [1.807, 2.05) is 6.92 Å². The van der Waals surface area contributed by atoms with Crippen LogP contribution in [0.25, 0.3) is 0 Å². The summed E-state index contributed by atoms with van der Waals surface area (Å²) in [6.07, 6.45) is 5.86. The second kappa shape index (κ2) is 4.10. The number of rotatable bonds is 0. The van der Waals surface area contributed by atoms with Crippen molar-refractivity contribution in [3.05, 3.63) is 24.3 Å². The predicted molar refractivity (Wildman–Crippen MR) is 25.6 cm³/mol. The van der Waals surface area contributed by atoms with Crippen molar-refractivity contribution in [3.63, 3.8) is 0 Å². The van der Waals surface area contributed by atoms with E-state index in [0.717, 1.165) is 5.56 Å². The number of hydrogen-bond acceptors (Lipinski definition) is 2. The molecule has 0 aliphatic carbocycles. The van der Waals surface area contributed by atoms with Crippen LogP contribution >= 0.6 is 0 Å². The molecule has 0 atom stereocenters. The van der Waals surface area contributed by atoms with Gasteiger partial charge < -0.3 is 9.97 Å². The Morgan fingerprint density at radius 3 is 2.12 bits per heavy atom. The fraction of sp³-hybridized carbons (Fsp3) is 0.200. The van der Waals surface area contributed by atoms with Gasteiger partial charge in [0.25, 0.3) is 0 Å². The van der Waals surface area contributed by atoms with Crippen molar-refractivity contribution in [1.82, 2.24) is 9.97 Å². The van der Waals surface area contributed by atoms with Crippen molar-refractivity contribution in [1.29, 1.82) is 0 Å². The molecule has 1 heterocycles. The van der Waals surface area contributed by atoms with Crippen molar-refractivity contribution in [2.45, 2.75) is 6.92 Å². The van der Waals surface area contributed by atoms with Crippen LogP contribution in [0, 0.1) is 13.3 Å². The molecule has 1 radical (unpaired) electrons. The van der Waals surface area contributed by atoms with Gasteiger partial charge in [-0.2, -0.15) is 0 Å². The molecule has 0 unspecified atom stereocenters. The average molecular weight is 182 g/mol. The Labute approximate surface area is 73.6 Å². The number of hydrogen-bond donors (Lipinski definition) is 0. The molecule has 0 amide bonds. The van der Waals surface area contributed by atoms with Crippen LogP contribution < -0.4 is 0 Å². The summed E-state index contributed by atoms with van der Waals surface area (Å²) < 4.78 is 0. The molecule has 3 heteroatoms. The van der Waals surface area contributed by atoms with Crippen molar-refractivity contribution in [2.24, 2.45) is 0 Å². The van der Waals surface area contributed by atoms with E-state index < -0.39 is 0 Å². The summed E-state index contributed by atoms with van der Waals surface area (Å²) in [5.74, 6) is 0. The summed E-state index contributed by atoms with van der Waals surface area (Å²) in [5, 5.41) is 0. The molecule has 0 aliphatic heterocycles. The maximum atomic E-state index is 3.65. The Bertz CT molecular complexity index is 140. The number of aromatic nitrogens is 2. The molecule has 0 aromatic carbocycles. The molecular formula is C5H5N2Y-. The summed E-state index contributed by atoms with van der Waals surface area (Å²) in [4.78, 5) is 7.30. The predicted octanol–water partition coefficient (Wildman–Crippen LogP) is 0.583. The summed E-state index contributed by atoms with van der Waals surface area (Å²) in [7, 11) is 0. The fourth-order valence-corrected chi connectivity index (χ4v) is 0.328. The Balaban J connectivity index is 0.000000490. The van der Waals surface area contributed by atoms with Gasteiger partial charge in [-0.15, -0.1) is 5.56 Å². The molecular weight excluding hydrogens is 177 g/mol. The summed E-state index contributed by atoms with van der Waals surface area (Å²) >= 11 is 0. The molecule has 39 valence electrons. The first kappa shape index (κ1) is 8.18. The maximum absolute atomic E-state index is 3.65. The monoisotopic (exact) mass is 182 g/mol. The smallest absolute Gasteiger partial charge is 0.0213 e. The van der Waals surface area contributed by atoms with Crippen molar-refractivity contribution in [3.8, 4) is 0 Å². The molecule has 0 bridgehead atoms.